The Labute approximate surface area is 116 Å². The molecule has 1 amide bonds. The maximum atomic E-state index is 11.8. The van der Waals surface area contributed by atoms with Crippen LogP contribution >= 0.6 is 0 Å². The normalized spacial score (nSPS) is 16.4. The number of rotatable bonds is 6. The van der Waals surface area contributed by atoms with Crippen LogP contribution in [0.15, 0.2) is 12.4 Å². The Balaban J connectivity index is 2.16. The van der Waals surface area contributed by atoms with E-state index in [1.165, 1.54) is 12.4 Å². The van der Waals surface area contributed by atoms with E-state index in [4.69, 9.17) is 10.5 Å². The summed E-state index contributed by atoms with van der Waals surface area (Å²) < 4.78 is 30.9. The van der Waals surface area contributed by atoms with Crippen molar-refractivity contribution < 1.29 is 17.9 Å². The zero-order chi connectivity index (χ0) is 14.8. The van der Waals surface area contributed by atoms with Crippen LogP contribution in [0.3, 0.4) is 0 Å². The van der Waals surface area contributed by atoms with Crippen LogP contribution in [0.4, 0.5) is 10.6 Å². The molecule has 20 heavy (non-hydrogen) atoms. The summed E-state index contributed by atoms with van der Waals surface area (Å²) in [7, 11) is -3.40. The van der Waals surface area contributed by atoms with Crippen molar-refractivity contribution in [1.29, 1.82) is 0 Å². The van der Waals surface area contributed by atoms with Crippen LogP contribution in [-0.4, -0.2) is 29.7 Å². The van der Waals surface area contributed by atoms with Gasteiger partial charge < -0.3 is 10.5 Å². The van der Waals surface area contributed by atoms with Crippen molar-refractivity contribution in [3.63, 3.8) is 0 Å². The molecule has 0 aliphatic heterocycles. The molecular weight excluding hydrogens is 284 g/mol. The maximum absolute atomic E-state index is 11.8. The predicted molar refractivity (Wildman–Crippen MR) is 71.3 cm³/mol. The van der Waals surface area contributed by atoms with Gasteiger partial charge in [0.2, 0.25) is 10.0 Å². The number of carbonyl (C=O) groups is 1. The number of aromatic nitrogens is 2. The van der Waals surface area contributed by atoms with E-state index in [1.54, 1.807) is 6.92 Å². The van der Waals surface area contributed by atoms with Crippen molar-refractivity contribution in [3.05, 3.63) is 18.1 Å². The van der Waals surface area contributed by atoms with E-state index in [0.29, 0.717) is 25.0 Å². The molecule has 1 aliphatic carbocycles. The van der Waals surface area contributed by atoms with E-state index in [9.17, 15) is 13.2 Å². The minimum absolute atomic E-state index is 0.112. The summed E-state index contributed by atoms with van der Waals surface area (Å²) >= 11 is 0. The average molecular weight is 300 g/mol. The lowest BCUT2D eigenvalue weighted by atomic mass is 10.2. The Morgan fingerprint density at radius 1 is 1.55 bits per heavy atom. The molecule has 1 heterocycles. The van der Waals surface area contributed by atoms with Gasteiger partial charge in [-0.1, -0.05) is 6.92 Å². The van der Waals surface area contributed by atoms with Gasteiger partial charge >= 0.3 is 6.09 Å². The van der Waals surface area contributed by atoms with Crippen LogP contribution < -0.4 is 10.5 Å². The molecule has 1 saturated carbocycles. The lowest BCUT2D eigenvalue weighted by Gasteiger charge is -2.14. The first-order chi connectivity index (χ1) is 9.42. The summed E-state index contributed by atoms with van der Waals surface area (Å²) in [5.41, 5.74) is 5.32. The first kappa shape index (κ1) is 14.5. The van der Waals surface area contributed by atoms with Crippen molar-refractivity contribution in [2.45, 2.75) is 37.5 Å². The molecule has 9 heteroatoms. The molecule has 0 aromatic carbocycles. The molecule has 0 radical (unpaired) electrons. The van der Waals surface area contributed by atoms with E-state index in [2.05, 4.69) is 14.7 Å². The van der Waals surface area contributed by atoms with Gasteiger partial charge in [0.1, 0.15) is 11.8 Å². The number of ether oxygens (including phenoxy) is 1. The van der Waals surface area contributed by atoms with E-state index in [0.717, 1.165) is 0 Å². The van der Waals surface area contributed by atoms with Crippen LogP contribution in [0.1, 0.15) is 38.0 Å². The van der Waals surface area contributed by atoms with Crippen LogP contribution in [0.2, 0.25) is 0 Å². The van der Waals surface area contributed by atoms with Gasteiger partial charge in [-0.15, -0.1) is 0 Å². The minimum Gasteiger partial charge on any atom is -0.440 e. The standard InChI is InChI=1S/C11H16N4O4S/c1-2-9(19-11(12)16)8-5-13-6-10(14-8)15-20(17,18)7-3-4-7/h5-7,9H,2-4H2,1H3,(H2,12,16)(H,14,15). The smallest absolute Gasteiger partial charge is 0.405 e. The molecule has 1 atom stereocenters. The topological polar surface area (TPSA) is 124 Å². The zero-order valence-corrected chi connectivity index (χ0v) is 11.8. The van der Waals surface area contributed by atoms with Gasteiger partial charge in [-0.3, -0.25) is 9.71 Å². The molecule has 1 aliphatic rings. The highest BCUT2D eigenvalue weighted by molar-refractivity contribution is 7.93. The monoisotopic (exact) mass is 300 g/mol. The van der Waals surface area contributed by atoms with E-state index in [1.807, 2.05) is 0 Å². The molecule has 1 fully saturated rings. The Kier molecular flexibility index (Phi) is 4.07. The lowest BCUT2D eigenvalue weighted by molar-refractivity contribution is 0.102. The number of sulfonamides is 1. The minimum atomic E-state index is -3.40. The van der Waals surface area contributed by atoms with E-state index >= 15 is 0 Å². The number of amides is 1. The number of hydrogen-bond acceptors (Lipinski definition) is 6. The lowest BCUT2D eigenvalue weighted by Crippen LogP contribution is -2.20. The van der Waals surface area contributed by atoms with Gasteiger partial charge in [-0.05, 0) is 19.3 Å². The van der Waals surface area contributed by atoms with E-state index < -0.39 is 22.2 Å². The summed E-state index contributed by atoms with van der Waals surface area (Å²) in [6, 6.07) is 0. The Hall–Kier alpha value is -1.90. The summed E-state index contributed by atoms with van der Waals surface area (Å²) in [6.45, 7) is 1.79. The van der Waals surface area contributed by atoms with E-state index in [-0.39, 0.29) is 11.1 Å². The highest BCUT2D eigenvalue weighted by Crippen LogP contribution is 2.29. The van der Waals surface area contributed by atoms with Crippen molar-refractivity contribution in [1.82, 2.24) is 9.97 Å². The molecule has 1 aromatic heterocycles. The van der Waals surface area contributed by atoms with Crippen LogP contribution in [0, 0.1) is 0 Å². The van der Waals surface area contributed by atoms with Crippen molar-refractivity contribution in [2.75, 3.05) is 4.72 Å². The van der Waals surface area contributed by atoms with Crippen LogP contribution in [0.5, 0.6) is 0 Å². The Morgan fingerprint density at radius 3 is 2.80 bits per heavy atom. The molecule has 3 N–H and O–H groups in total. The highest BCUT2D eigenvalue weighted by Gasteiger charge is 2.36. The average Bonchev–Trinajstić information content (AvgIpc) is 3.20. The maximum Gasteiger partial charge on any atom is 0.405 e. The van der Waals surface area contributed by atoms with Gasteiger partial charge in [0.05, 0.1) is 17.6 Å². The number of anilines is 1. The van der Waals surface area contributed by atoms with Gasteiger partial charge in [-0.2, -0.15) is 0 Å². The second-order valence-corrected chi connectivity index (χ2v) is 6.47. The number of hydrogen-bond donors (Lipinski definition) is 2. The Bertz CT molecular complexity index is 600. The molecule has 0 saturated heterocycles. The number of primary amides is 1. The predicted octanol–water partition coefficient (Wildman–Crippen LogP) is 0.927. The first-order valence-electron chi connectivity index (χ1n) is 6.22. The third-order valence-corrected chi connectivity index (χ3v) is 4.67. The molecule has 1 unspecified atom stereocenters. The summed E-state index contributed by atoms with van der Waals surface area (Å²) in [6.07, 6.45) is 2.92. The molecule has 1 aromatic rings. The molecule has 2 rings (SSSR count). The highest BCUT2D eigenvalue weighted by atomic mass is 32.2. The summed E-state index contributed by atoms with van der Waals surface area (Å²) in [4.78, 5) is 18.8. The van der Waals surface area contributed by atoms with Crippen molar-refractivity contribution in [3.8, 4) is 0 Å². The van der Waals surface area contributed by atoms with Gasteiger partial charge in [0.15, 0.2) is 5.82 Å². The molecular formula is C11H16N4O4S. The second-order valence-electron chi connectivity index (χ2n) is 4.51. The third-order valence-electron chi connectivity index (χ3n) is 2.82. The first-order valence-corrected chi connectivity index (χ1v) is 7.76. The van der Waals surface area contributed by atoms with Gasteiger partial charge in [0.25, 0.3) is 0 Å². The molecule has 0 spiro atoms. The quantitative estimate of drug-likeness (QED) is 0.805. The fourth-order valence-corrected chi connectivity index (χ4v) is 3.00. The second kappa shape index (κ2) is 5.61. The van der Waals surface area contributed by atoms with Crippen LogP contribution in [0.25, 0.3) is 0 Å². The number of nitrogens with two attached hydrogens (primary N) is 1. The van der Waals surface area contributed by atoms with Crippen molar-refractivity contribution >= 4 is 21.9 Å². The largest absolute Gasteiger partial charge is 0.440 e. The Morgan fingerprint density at radius 2 is 2.25 bits per heavy atom. The number of carbonyl (C=O) groups excluding carboxylic acids is 1. The third kappa shape index (κ3) is 3.56. The van der Waals surface area contributed by atoms with Crippen molar-refractivity contribution in [2.24, 2.45) is 5.73 Å². The molecule has 0 bridgehead atoms. The number of nitrogens with zero attached hydrogens (tertiary/aromatic N) is 2. The summed E-state index contributed by atoms with van der Waals surface area (Å²) in [5.74, 6) is 0.112. The fourth-order valence-electron chi connectivity index (χ4n) is 1.69. The van der Waals surface area contributed by atoms with Gasteiger partial charge in [-0.25, -0.2) is 18.2 Å². The molecule has 8 nitrogen and oxygen atoms in total. The van der Waals surface area contributed by atoms with Gasteiger partial charge in [0, 0.05) is 0 Å². The number of nitrogens with one attached hydrogen (secondary N) is 1. The zero-order valence-electron chi connectivity index (χ0n) is 10.9. The SMILES string of the molecule is CCC(OC(N)=O)c1cncc(NS(=O)(=O)C2CC2)n1. The van der Waals surface area contributed by atoms with Crippen LogP contribution in [-0.2, 0) is 14.8 Å². The molecule has 110 valence electrons. The summed E-state index contributed by atoms with van der Waals surface area (Å²) in [5, 5.41) is -0.350. The fraction of sp³-hybridized carbons (Fsp3) is 0.545.